The molecule has 122 valence electrons. The highest BCUT2D eigenvalue weighted by atomic mass is 32.1. The van der Waals surface area contributed by atoms with Crippen LogP contribution in [0.1, 0.15) is 30.0 Å². The van der Waals surface area contributed by atoms with Gasteiger partial charge in [0.2, 0.25) is 5.91 Å². The van der Waals surface area contributed by atoms with Crippen molar-refractivity contribution in [3.8, 4) is 11.3 Å². The van der Waals surface area contributed by atoms with Gasteiger partial charge >= 0.3 is 0 Å². The van der Waals surface area contributed by atoms with Gasteiger partial charge in [-0.1, -0.05) is 6.07 Å². The lowest BCUT2D eigenvalue weighted by molar-refractivity contribution is -0.121. The van der Waals surface area contributed by atoms with E-state index < -0.39 is 0 Å². The molecule has 24 heavy (non-hydrogen) atoms. The average molecular weight is 338 g/mol. The third-order valence-corrected chi connectivity index (χ3v) is 4.64. The number of pyridine rings is 2. The van der Waals surface area contributed by atoms with Crippen molar-refractivity contribution in [2.45, 2.75) is 25.8 Å². The number of nitrogens with one attached hydrogen (secondary N) is 1. The van der Waals surface area contributed by atoms with E-state index in [0.29, 0.717) is 12.8 Å². The third-order valence-electron chi connectivity index (χ3n) is 3.61. The molecule has 0 aliphatic rings. The van der Waals surface area contributed by atoms with Gasteiger partial charge in [0, 0.05) is 42.2 Å². The maximum Gasteiger partial charge on any atom is 0.220 e. The standard InChI is InChI=1S/C18H18N4OS/c1-13(21-17(23)5-4-14-3-2-8-20-11-14)18-22-16(12-24-18)15-6-9-19-10-7-15/h2-3,6-13H,4-5H2,1H3,(H,21,23)/t13-/m0/s1. The number of carbonyl (C=O) groups excluding carboxylic acids is 1. The van der Waals surface area contributed by atoms with Crippen LogP contribution in [-0.2, 0) is 11.2 Å². The van der Waals surface area contributed by atoms with E-state index in [9.17, 15) is 4.79 Å². The zero-order valence-electron chi connectivity index (χ0n) is 13.3. The summed E-state index contributed by atoms with van der Waals surface area (Å²) in [6, 6.07) is 7.61. The number of nitrogens with zero attached hydrogens (tertiary/aromatic N) is 3. The highest BCUT2D eigenvalue weighted by Gasteiger charge is 2.14. The highest BCUT2D eigenvalue weighted by Crippen LogP contribution is 2.25. The molecule has 1 atom stereocenters. The highest BCUT2D eigenvalue weighted by molar-refractivity contribution is 7.10. The van der Waals surface area contributed by atoms with Gasteiger partial charge in [-0.2, -0.15) is 0 Å². The minimum atomic E-state index is -0.105. The number of carbonyl (C=O) groups is 1. The molecule has 1 amide bonds. The summed E-state index contributed by atoms with van der Waals surface area (Å²) in [7, 11) is 0. The van der Waals surface area contributed by atoms with Gasteiger partial charge in [0.1, 0.15) is 5.01 Å². The molecule has 0 aromatic carbocycles. The van der Waals surface area contributed by atoms with Crippen molar-refractivity contribution in [1.29, 1.82) is 0 Å². The van der Waals surface area contributed by atoms with E-state index in [0.717, 1.165) is 21.8 Å². The van der Waals surface area contributed by atoms with Crippen LogP contribution in [0.2, 0.25) is 0 Å². The number of hydrogen-bond donors (Lipinski definition) is 1. The van der Waals surface area contributed by atoms with Gasteiger partial charge in [0.15, 0.2) is 0 Å². The molecular weight excluding hydrogens is 320 g/mol. The fourth-order valence-electron chi connectivity index (χ4n) is 2.32. The number of rotatable bonds is 6. The number of amides is 1. The quantitative estimate of drug-likeness (QED) is 0.748. The van der Waals surface area contributed by atoms with Crippen molar-refractivity contribution >= 4 is 17.2 Å². The van der Waals surface area contributed by atoms with Crippen LogP contribution in [0.5, 0.6) is 0 Å². The fraction of sp³-hybridized carbons (Fsp3) is 0.222. The van der Waals surface area contributed by atoms with Crippen molar-refractivity contribution < 1.29 is 4.79 Å². The lowest BCUT2D eigenvalue weighted by Gasteiger charge is -2.11. The van der Waals surface area contributed by atoms with E-state index in [-0.39, 0.29) is 11.9 Å². The van der Waals surface area contributed by atoms with E-state index >= 15 is 0 Å². The smallest absolute Gasteiger partial charge is 0.220 e. The van der Waals surface area contributed by atoms with Crippen LogP contribution in [-0.4, -0.2) is 20.9 Å². The van der Waals surface area contributed by atoms with Crippen LogP contribution in [0, 0.1) is 0 Å². The number of hydrogen-bond acceptors (Lipinski definition) is 5. The first kappa shape index (κ1) is 16.3. The van der Waals surface area contributed by atoms with Crippen LogP contribution in [0.4, 0.5) is 0 Å². The lowest BCUT2D eigenvalue weighted by Crippen LogP contribution is -2.26. The van der Waals surface area contributed by atoms with Crippen LogP contribution in [0.15, 0.2) is 54.4 Å². The summed E-state index contributed by atoms with van der Waals surface area (Å²) >= 11 is 1.55. The molecule has 1 N–H and O–H groups in total. The molecule has 0 aliphatic carbocycles. The van der Waals surface area contributed by atoms with Gasteiger partial charge < -0.3 is 5.32 Å². The SMILES string of the molecule is C[C@H](NC(=O)CCc1cccnc1)c1nc(-c2ccncc2)cs1. The van der Waals surface area contributed by atoms with Gasteiger partial charge in [-0.05, 0) is 37.1 Å². The normalized spacial score (nSPS) is 11.9. The van der Waals surface area contributed by atoms with Crippen molar-refractivity contribution in [1.82, 2.24) is 20.3 Å². The molecule has 0 saturated heterocycles. The molecule has 0 aliphatic heterocycles. The average Bonchev–Trinajstić information content (AvgIpc) is 3.12. The van der Waals surface area contributed by atoms with Crippen LogP contribution in [0.25, 0.3) is 11.3 Å². The molecule has 0 spiro atoms. The molecule has 3 aromatic heterocycles. The summed E-state index contributed by atoms with van der Waals surface area (Å²) < 4.78 is 0. The van der Waals surface area contributed by atoms with Crippen LogP contribution < -0.4 is 5.32 Å². The topological polar surface area (TPSA) is 67.8 Å². The molecule has 0 unspecified atom stereocenters. The fourth-order valence-corrected chi connectivity index (χ4v) is 3.16. The molecule has 0 bridgehead atoms. The molecule has 3 rings (SSSR count). The van der Waals surface area contributed by atoms with Gasteiger partial charge in [-0.3, -0.25) is 14.8 Å². The summed E-state index contributed by atoms with van der Waals surface area (Å²) in [5, 5.41) is 5.91. The maximum atomic E-state index is 12.1. The first-order valence-corrected chi connectivity index (χ1v) is 8.64. The Morgan fingerprint density at radius 3 is 2.79 bits per heavy atom. The Labute approximate surface area is 144 Å². The van der Waals surface area contributed by atoms with Crippen LogP contribution >= 0.6 is 11.3 Å². The Balaban J connectivity index is 1.56. The Hall–Kier alpha value is -2.60. The summed E-state index contributed by atoms with van der Waals surface area (Å²) in [6.07, 6.45) is 8.15. The molecule has 3 heterocycles. The summed E-state index contributed by atoms with van der Waals surface area (Å²) in [6.45, 7) is 1.96. The predicted octanol–water partition coefficient (Wildman–Crippen LogP) is 3.41. The lowest BCUT2D eigenvalue weighted by atomic mass is 10.1. The molecule has 0 fully saturated rings. The second kappa shape index (κ2) is 7.79. The van der Waals surface area contributed by atoms with Crippen molar-refractivity contribution in [2.24, 2.45) is 0 Å². The first-order valence-electron chi connectivity index (χ1n) is 7.76. The van der Waals surface area contributed by atoms with Gasteiger partial charge in [0.25, 0.3) is 0 Å². The first-order chi connectivity index (χ1) is 11.7. The van der Waals surface area contributed by atoms with E-state index in [2.05, 4.69) is 20.3 Å². The number of aryl methyl sites for hydroxylation is 1. The monoisotopic (exact) mass is 338 g/mol. The van der Waals surface area contributed by atoms with Crippen molar-refractivity contribution in [3.63, 3.8) is 0 Å². The van der Waals surface area contributed by atoms with E-state index in [1.165, 1.54) is 0 Å². The van der Waals surface area contributed by atoms with Crippen molar-refractivity contribution in [2.75, 3.05) is 0 Å². The minimum Gasteiger partial charge on any atom is -0.347 e. The molecule has 0 radical (unpaired) electrons. The second-order valence-electron chi connectivity index (χ2n) is 5.46. The molecule has 0 saturated carbocycles. The molecule has 3 aromatic rings. The van der Waals surface area contributed by atoms with Crippen molar-refractivity contribution in [3.05, 3.63) is 65.0 Å². The maximum absolute atomic E-state index is 12.1. The van der Waals surface area contributed by atoms with E-state index in [1.807, 2.05) is 36.6 Å². The minimum absolute atomic E-state index is 0.0204. The van der Waals surface area contributed by atoms with E-state index in [4.69, 9.17) is 0 Å². The zero-order valence-corrected chi connectivity index (χ0v) is 14.2. The third kappa shape index (κ3) is 4.23. The predicted molar refractivity (Wildman–Crippen MR) is 94.5 cm³/mol. The number of aromatic nitrogens is 3. The Morgan fingerprint density at radius 2 is 2.04 bits per heavy atom. The van der Waals surface area contributed by atoms with E-state index in [1.54, 1.807) is 36.1 Å². The van der Waals surface area contributed by atoms with Gasteiger partial charge in [-0.25, -0.2) is 4.98 Å². The zero-order chi connectivity index (χ0) is 16.8. The summed E-state index contributed by atoms with van der Waals surface area (Å²) in [5.41, 5.74) is 3.01. The summed E-state index contributed by atoms with van der Waals surface area (Å²) in [4.78, 5) is 24.8. The Kier molecular flexibility index (Phi) is 5.28. The molecular formula is C18H18N4OS. The second-order valence-corrected chi connectivity index (χ2v) is 6.35. The summed E-state index contributed by atoms with van der Waals surface area (Å²) in [5.74, 6) is 0.0204. The van der Waals surface area contributed by atoms with Gasteiger partial charge in [-0.15, -0.1) is 11.3 Å². The Morgan fingerprint density at radius 1 is 1.21 bits per heavy atom. The molecule has 5 nitrogen and oxygen atoms in total. The van der Waals surface area contributed by atoms with Crippen LogP contribution in [0.3, 0.4) is 0 Å². The number of thiazole rings is 1. The Bertz CT molecular complexity index is 789. The van der Waals surface area contributed by atoms with Gasteiger partial charge in [0.05, 0.1) is 11.7 Å². The largest absolute Gasteiger partial charge is 0.347 e. The molecule has 6 heteroatoms.